The second kappa shape index (κ2) is 6.34. The number of allylic oxidation sites excluding steroid dienone is 1. The second-order valence-electron chi connectivity index (χ2n) is 4.19. The molecule has 1 aromatic carbocycles. The maximum Gasteiger partial charge on any atom is 0.289 e. The fourth-order valence-corrected chi connectivity index (χ4v) is 2.57. The highest BCUT2D eigenvalue weighted by Crippen LogP contribution is 2.25. The number of ether oxygens (including phenoxy) is 1. The van der Waals surface area contributed by atoms with Gasteiger partial charge in [-0.25, -0.2) is 0 Å². The maximum atomic E-state index is 9.84. The molecular weight excluding hydrogens is 272 g/mol. The van der Waals surface area contributed by atoms with Crippen LogP contribution in [0.1, 0.15) is 15.6 Å². The van der Waals surface area contributed by atoms with E-state index in [0.29, 0.717) is 17.9 Å². The van der Waals surface area contributed by atoms with Crippen LogP contribution >= 0.6 is 11.3 Å². The molecule has 1 aromatic heterocycles. The molecule has 0 radical (unpaired) electrons. The Morgan fingerprint density at radius 1 is 1.45 bits per heavy atom. The third-order valence-corrected chi connectivity index (χ3v) is 3.64. The molecule has 104 valence electrons. The highest BCUT2D eigenvalue weighted by molar-refractivity contribution is 7.11. The van der Waals surface area contributed by atoms with Gasteiger partial charge in [-0.05, 0) is 48.6 Å². The van der Waals surface area contributed by atoms with E-state index in [1.807, 2.05) is 23.8 Å². The molecule has 1 N–H and O–H groups in total. The summed E-state index contributed by atoms with van der Waals surface area (Å²) in [5, 5.41) is 16.2. The minimum absolute atomic E-state index is 0.221. The summed E-state index contributed by atoms with van der Waals surface area (Å²) in [7, 11) is 1.60. The van der Waals surface area contributed by atoms with Crippen LogP contribution in [0, 0.1) is 6.92 Å². The molecule has 0 bridgehead atoms. The summed E-state index contributed by atoms with van der Waals surface area (Å²) in [6.45, 7) is 6.35. The molecule has 0 aliphatic heterocycles. The molecule has 2 rings (SSSR count). The van der Waals surface area contributed by atoms with Crippen molar-refractivity contribution in [3.05, 3.63) is 46.4 Å². The van der Waals surface area contributed by atoms with Crippen molar-refractivity contribution in [3.63, 3.8) is 0 Å². The van der Waals surface area contributed by atoms with Crippen LogP contribution in [0.5, 0.6) is 11.5 Å². The number of hydrogen-bond acceptors (Lipinski definition) is 4. The molecule has 20 heavy (non-hydrogen) atoms. The highest BCUT2D eigenvalue weighted by atomic mass is 32.1. The van der Waals surface area contributed by atoms with Crippen LogP contribution in [0.2, 0.25) is 0 Å². The molecule has 4 nitrogen and oxygen atoms in total. The van der Waals surface area contributed by atoms with E-state index in [9.17, 15) is 5.11 Å². The molecule has 0 spiro atoms. The fraction of sp³-hybridized carbons (Fsp3) is 0.200. The summed E-state index contributed by atoms with van der Waals surface area (Å²) < 4.78 is 7.03. The Morgan fingerprint density at radius 3 is 2.95 bits per heavy atom. The van der Waals surface area contributed by atoms with E-state index in [4.69, 9.17) is 4.74 Å². The first-order chi connectivity index (χ1) is 9.63. The van der Waals surface area contributed by atoms with E-state index in [1.165, 1.54) is 0 Å². The average Bonchev–Trinajstić information content (AvgIpc) is 2.78. The Labute approximate surface area is 122 Å². The molecule has 0 saturated carbocycles. The van der Waals surface area contributed by atoms with Crippen molar-refractivity contribution in [1.82, 2.24) is 5.10 Å². The summed E-state index contributed by atoms with van der Waals surface area (Å²) in [5.74, 6) is 0.931. The summed E-state index contributed by atoms with van der Waals surface area (Å²) >= 11 is 1.59. The van der Waals surface area contributed by atoms with Gasteiger partial charge in [0.2, 0.25) is 0 Å². The lowest BCUT2D eigenvalue weighted by atomic mass is 10.2. The lowest BCUT2D eigenvalue weighted by Crippen LogP contribution is -2.37. The van der Waals surface area contributed by atoms with E-state index in [2.05, 4.69) is 11.7 Å². The summed E-state index contributed by atoms with van der Waals surface area (Å²) in [6, 6.07) is 5.13. The Morgan fingerprint density at radius 2 is 2.25 bits per heavy atom. The van der Waals surface area contributed by atoms with Gasteiger partial charge in [-0.15, -0.1) is 0 Å². The third kappa shape index (κ3) is 3.24. The van der Waals surface area contributed by atoms with E-state index in [1.54, 1.807) is 42.7 Å². The minimum Gasteiger partial charge on any atom is -0.507 e. The zero-order chi connectivity index (χ0) is 14.5. The van der Waals surface area contributed by atoms with Crippen molar-refractivity contribution in [2.24, 2.45) is 0 Å². The van der Waals surface area contributed by atoms with Gasteiger partial charge in [-0.1, -0.05) is 11.3 Å². The summed E-state index contributed by atoms with van der Waals surface area (Å²) in [6.07, 6.45) is 5.59. The zero-order valence-electron chi connectivity index (χ0n) is 11.5. The van der Waals surface area contributed by atoms with E-state index < -0.39 is 0 Å². The lowest BCUT2D eigenvalue weighted by Gasteiger charge is -2.02. The SMILES string of the molecule is C=CC[n+]1nc(C)sc1/C=C/c1cc(OC)ccc1O. The highest BCUT2D eigenvalue weighted by Gasteiger charge is 2.13. The predicted octanol–water partition coefficient (Wildman–Crippen LogP) is 2.81. The number of hydrogen-bond donors (Lipinski definition) is 1. The van der Waals surface area contributed by atoms with Gasteiger partial charge in [-0.2, -0.15) is 0 Å². The van der Waals surface area contributed by atoms with E-state index in [-0.39, 0.29) is 5.75 Å². The number of aryl methyl sites for hydroxylation is 1. The van der Waals surface area contributed by atoms with Crippen molar-refractivity contribution < 1.29 is 14.5 Å². The van der Waals surface area contributed by atoms with Gasteiger partial charge in [0, 0.05) is 16.7 Å². The molecular formula is C15H17N2O2S+. The first-order valence-corrected chi connectivity index (χ1v) is 6.99. The largest absolute Gasteiger partial charge is 0.507 e. The van der Waals surface area contributed by atoms with Crippen LogP contribution in [-0.2, 0) is 6.54 Å². The van der Waals surface area contributed by atoms with Crippen molar-refractivity contribution in [3.8, 4) is 11.5 Å². The zero-order valence-corrected chi connectivity index (χ0v) is 12.4. The van der Waals surface area contributed by atoms with E-state index in [0.717, 1.165) is 10.0 Å². The average molecular weight is 289 g/mol. The Bertz CT molecular complexity index is 647. The maximum absolute atomic E-state index is 9.84. The van der Waals surface area contributed by atoms with Gasteiger partial charge >= 0.3 is 0 Å². The van der Waals surface area contributed by atoms with Gasteiger partial charge in [0.1, 0.15) is 11.5 Å². The van der Waals surface area contributed by atoms with Gasteiger partial charge in [0.15, 0.2) is 11.6 Å². The number of aromatic hydroxyl groups is 1. The monoisotopic (exact) mass is 289 g/mol. The number of nitrogens with zero attached hydrogens (tertiary/aromatic N) is 2. The standard InChI is InChI=1S/C15H16N2O2S/c1-4-9-17-15(20-11(2)16-17)8-5-12-10-13(19-3)6-7-14(12)18/h4-8,10H,1,9H2,2-3H3/p+1. The Kier molecular flexibility index (Phi) is 4.53. The number of benzene rings is 1. The van der Waals surface area contributed by atoms with Crippen LogP contribution < -0.4 is 9.42 Å². The summed E-state index contributed by atoms with van der Waals surface area (Å²) in [5.41, 5.74) is 0.709. The predicted molar refractivity (Wildman–Crippen MR) is 80.8 cm³/mol. The van der Waals surface area contributed by atoms with Crippen molar-refractivity contribution in [2.45, 2.75) is 13.5 Å². The normalized spacial score (nSPS) is 10.9. The number of aromatic nitrogens is 2. The molecule has 0 aliphatic rings. The van der Waals surface area contributed by atoms with Crippen molar-refractivity contribution >= 4 is 23.5 Å². The van der Waals surface area contributed by atoms with E-state index >= 15 is 0 Å². The van der Waals surface area contributed by atoms with Gasteiger partial charge in [-0.3, -0.25) is 0 Å². The van der Waals surface area contributed by atoms with Crippen LogP contribution in [0.3, 0.4) is 0 Å². The first-order valence-electron chi connectivity index (χ1n) is 6.17. The molecule has 0 saturated heterocycles. The number of phenols is 1. The summed E-state index contributed by atoms with van der Waals surface area (Å²) in [4.78, 5) is 0. The smallest absolute Gasteiger partial charge is 0.289 e. The molecule has 2 aromatic rings. The van der Waals surface area contributed by atoms with Crippen molar-refractivity contribution in [2.75, 3.05) is 7.11 Å². The molecule has 0 atom stereocenters. The Balaban J connectivity index is 2.31. The minimum atomic E-state index is 0.221. The van der Waals surface area contributed by atoms with Gasteiger partial charge < -0.3 is 9.84 Å². The topological polar surface area (TPSA) is 46.2 Å². The number of methoxy groups -OCH3 is 1. The van der Waals surface area contributed by atoms with Crippen LogP contribution in [0.25, 0.3) is 12.2 Å². The molecule has 1 heterocycles. The molecule has 5 heteroatoms. The molecule has 0 amide bonds. The molecule has 0 fully saturated rings. The van der Waals surface area contributed by atoms with Gasteiger partial charge in [0.25, 0.3) is 5.01 Å². The quantitative estimate of drug-likeness (QED) is 0.680. The van der Waals surface area contributed by atoms with Crippen LogP contribution in [-0.4, -0.2) is 17.3 Å². The first kappa shape index (κ1) is 14.3. The third-order valence-electron chi connectivity index (χ3n) is 2.71. The Hall–Kier alpha value is -2.14. The number of rotatable bonds is 5. The van der Waals surface area contributed by atoms with Crippen LogP contribution in [0.15, 0.2) is 30.9 Å². The lowest BCUT2D eigenvalue weighted by molar-refractivity contribution is -0.741. The van der Waals surface area contributed by atoms with Crippen molar-refractivity contribution in [1.29, 1.82) is 0 Å². The second-order valence-corrected chi connectivity index (χ2v) is 5.40. The molecule has 0 unspecified atom stereocenters. The molecule has 0 aliphatic carbocycles. The number of phenolic OH excluding ortho intramolecular Hbond substituents is 1. The fourth-order valence-electron chi connectivity index (χ4n) is 1.77. The van der Waals surface area contributed by atoms with Crippen LogP contribution in [0.4, 0.5) is 0 Å². The van der Waals surface area contributed by atoms with Gasteiger partial charge in [0.05, 0.1) is 7.11 Å².